The number of benzene rings is 3. The van der Waals surface area contributed by atoms with Gasteiger partial charge in [0.25, 0.3) is 0 Å². The number of rotatable bonds is 11. The van der Waals surface area contributed by atoms with E-state index in [9.17, 15) is 18.0 Å². The van der Waals surface area contributed by atoms with Gasteiger partial charge in [-0.25, -0.2) is 8.42 Å². The van der Waals surface area contributed by atoms with Crippen LogP contribution >= 0.6 is 11.6 Å². The Labute approximate surface area is 248 Å². The Bertz CT molecular complexity index is 1450. The summed E-state index contributed by atoms with van der Waals surface area (Å²) in [6, 6.07) is 21.4. The average molecular weight is 596 g/mol. The van der Waals surface area contributed by atoms with Crippen LogP contribution in [0.4, 0.5) is 5.69 Å². The van der Waals surface area contributed by atoms with Crippen LogP contribution < -0.4 is 9.62 Å². The Kier molecular flexibility index (Phi) is 10.1. The standard InChI is InChI=1S/C32H38ClN3O4S/c1-23-12-11-13-24(2)31(23)36(41(3,39)40)22-30(37)35(21-26-16-7-10-19-28(26)33)29(20-25-14-5-4-6-15-25)32(38)34-27-17-8-9-18-27/h4-7,10-16,19,27,29H,8-9,17-18,20-22H2,1-3H3,(H,34,38). The van der Waals surface area contributed by atoms with Crippen LogP contribution in [0, 0.1) is 13.8 Å². The van der Waals surface area contributed by atoms with E-state index >= 15 is 0 Å². The lowest BCUT2D eigenvalue weighted by Crippen LogP contribution is -2.54. The van der Waals surface area contributed by atoms with Crippen molar-refractivity contribution < 1.29 is 18.0 Å². The minimum Gasteiger partial charge on any atom is -0.352 e. The maximum atomic E-state index is 14.3. The molecule has 1 saturated carbocycles. The first kappa shape index (κ1) is 30.6. The molecule has 1 unspecified atom stereocenters. The van der Waals surface area contributed by atoms with Crippen molar-refractivity contribution in [2.45, 2.75) is 64.6 Å². The van der Waals surface area contributed by atoms with Crippen molar-refractivity contribution in [2.75, 3.05) is 17.1 Å². The second-order valence-corrected chi connectivity index (χ2v) is 13.1. The van der Waals surface area contributed by atoms with E-state index in [-0.39, 0.29) is 24.9 Å². The lowest BCUT2D eigenvalue weighted by atomic mass is 10.0. The first-order valence-corrected chi connectivity index (χ1v) is 16.2. The highest BCUT2D eigenvalue weighted by Gasteiger charge is 2.35. The van der Waals surface area contributed by atoms with Crippen molar-refractivity contribution in [2.24, 2.45) is 0 Å². The highest BCUT2D eigenvalue weighted by atomic mass is 35.5. The van der Waals surface area contributed by atoms with Crippen molar-refractivity contribution in [3.63, 3.8) is 0 Å². The third-order valence-electron chi connectivity index (χ3n) is 7.64. The van der Waals surface area contributed by atoms with Crippen molar-refractivity contribution in [1.82, 2.24) is 10.2 Å². The molecule has 0 saturated heterocycles. The van der Waals surface area contributed by atoms with Crippen LogP contribution in [-0.2, 0) is 32.6 Å². The van der Waals surface area contributed by atoms with Gasteiger partial charge in [0, 0.05) is 24.0 Å². The Morgan fingerprint density at radius 1 is 0.927 bits per heavy atom. The van der Waals surface area contributed by atoms with Crippen molar-refractivity contribution in [3.05, 3.63) is 100 Å². The number of aryl methyl sites for hydroxylation is 2. The van der Waals surface area contributed by atoms with E-state index in [1.807, 2.05) is 74.5 Å². The molecule has 1 atom stereocenters. The van der Waals surface area contributed by atoms with Crippen molar-refractivity contribution in [1.29, 1.82) is 0 Å². The molecule has 7 nitrogen and oxygen atoms in total. The third-order valence-corrected chi connectivity index (χ3v) is 9.12. The van der Waals surface area contributed by atoms with Crippen molar-refractivity contribution >= 4 is 39.1 Å². The van der Waals surface area contributed by atoms with Crippen LogP contribution in [0.3, 0.4) is 0 Å². The number of sulfonamides is 1. The molecule has 1 N–H and O–H groups in total. The summed E-state index contributed by atoms with van der Waals surface area (Å²) in [5, 5.41) is 3.64. The summed E-state index contributed by atoms with van der Waals surface area (Å²) in [5.74, 6) is -0.736. The van der Waals surface area contributed by atoms with E-state index in [1.54, 1.807) is 12.1 Å². The minimum absolute atomic E-state index is 0.0540. The molecule has 41 heavy (non-hydrogen) atoms. The number of nitrogens with zero attached hydrogens (tertiary/aromatic N) is 2. The van der Waals surface area contributed by atoms with E-state index in [0.717, 1.165) is 52.9 Å². The number of halogens is 1. The Morgan fingerprint density at radius 3 is 2.15 bits per heavy atom. The zero-order valence-electron chi connectivity index (χ0n) is 23.8. The molecule has 9 heteroatoms. The zero-order valence-corrected chi connectivity index (χ0v) is 25.4. The number of nitrogens with one attached hydrogen (secondary N) is 1. The second-order valence-electron chi connectivity index (χ2n) is 10.8. The van der Waals surface area contributed by atoms with Gasteiger partial charge < -0.3 is 10.2 Å². The maximum Gasteiger partial charge on any atom is 0.244 e. The van der Waals surface area contributed by atoms with Gasteiger partial charge >= 0.3 is 0 Å². The van der Waals surface area contributed by atoms with Gasteiger partial charge in [0.15, 0.2) is 0 Å². The quantitative estimate of drug-likeness (QED) is 0.321. The van der Waals surface area contributed by atoms with Gasteiger partial charge in [0.1, 0.15) is 12.6 Å². The lowest BCUT2D eigenvalue weighted by Gasteiger charge is -2.34. The molecule has 0 heterocycles. The van der Waals surface area contributed by atoms with E-state index in [4.69, 9.17) is 11.6 Å². The highest BCUT2D eigenvalue weighted by Crippen LogP contribution is 2.28. The number of carbonyl (C=O) groups excluding carboxylic acids is 2. The number of hydrogen-bond acceptors (Lipinski definition) is 4. The van der Waals surface area contributed by atoms with Crippen LogP contribution in [0.5, 0.6) is 0 Å². The molecule has 218 valence electrons. The molecule has 2 amide bonds. The van der Waals surface area contributed by atoms with Crippen LogP contribution in [0.1, 0.15) is 47.9 Å². The highest BCUT2D eigenvalue weighted by molar-refractivity contribution is 7.92. The monoisotopic (exact) mass is 595 g/mol. The first-order chi connectivity index (χ1) is 19.5. The first-order valence-electron chi connectivity index (χ1n) is 14.0. The van der Waals surface area contributed by atoms with E-state index in [2.05, 4.69) is 5.32 Å². The molecule has 1 aliphatic rings. The molecular weight excluding hydrogens is 558 g/mol. The fraction of sp³-hybridized carbons (Fsp3) is 0.375. The van der Waals surface area contributed by atoms with E-state index in [1.165, 1.54) is 4.90 Å². The van der Waals surface area contributed by atoms with Gasteiger partial charge in [-0.15, -0.1) is 0 Å². The van der Waals surface area contributed by atoms with Crippen LogP contribution in [0.2, 0.25) is 5.02 Å². The topological polar surface area (TPSA) is 86.8 Å². The van der Waals surface area contributed by atoms with Gasteiger partial charge in [-0.3, -0.25) is 13.9 Å². The maximum absolute atomic E-state index is 14.3. The molecule has 0 aromatic heterocycles. The van der Waals surface area contributed by atoms with E-state index < -0.39 is 28.5 Å². The predicted molar refractivity (Wildman–Crippen MR) is 164 cm³/mol. The zero-order chi connectivity index (χ0) is 29.6. The molecule has 1 aliphatic carbocycles. The van der Waals surface area contributed by atoms with Crippen molar-refractivity contribution in [3.8, 4) is 0 Å². The molecule has 3 aromatic carbocycles. The molecule has 0 radical (unpaired) electrons. The van der Waals surface area contributed by atoms with Crippen LogP contribution in [0.15, 0.2) is 72.8 Å². The number of amides is 2. The number of anilines is 1. The fourth-order valence-electron chi connectivity index (χ4n) is 5.51. The Hall–Kier alpha value is -3.36. The molecule has 3 aromatic rings. The Balaban J connectivity index is 1.76. The minimum atomic E-state index is -3.84. The van der Waals surface area contributed by atoms with E-state index in [0.29, 0.717) is 16.3 Å². The van der Waals surface area contributed by atoms with Gasteiger partial charge in [-0.2, -0.15) is 0 Å². The summed E-state index contributed by atoms with van der Waals surface area (Å²) in [7, 11) is -3.84. The summed E-state index contributed by atoms with van der Waals surface area (Å²) in [5.41, 5.74) is 3.51. The Morgan fingerprint density at radius 2 is 1.54 bits per heavy atom. The summed E-state index contributed by atoms with van der Waals surface area (Å²) in [6.45, 7) is 3.24. The lowest BCUT2D eigenvalue weighted by molar-refractivity contribution is -0.140. The summed E-state index contributed by atoms with van der Waals surface area (Å²) in [4.78, 5) is 29.7. The smallest absolute Gasteiger partial charge is 0.244 e. The van der Waals surface area contributed by atoms with Crippen LogP contribution in [-0.4, -0.2) is 50.0 Å². The van der Waals surface area contributed by atoms with Gasteiger partial charge in [0.05, 0.1) is 11.9 Å². The predicted octanol–water partition coefficient (Wildman–Crippen LogP) is 5.42. The normalized spacial score (nSPS) is 14.4. The second kappa shape index (κ2) is 13.5. The average Bonchev–Trinajstić information content (AvgIpc) is 3.44. The molecule has 0 aliphatic heterocycles. The fourth-order valence-corrected chi connectivity index (χ4v) is 6.67. The number of carbonyl (C=O) groups is 2. The summed E-state index contributed by atoms with van der Waals surface area (Å²) >= 11 is 6.53. The molecule has 0 spiro atoms. The van der Waals surface area contributed by atoms with Crippen LogP contribution in [0.25, 0.3) is 0 Å². The molecule has 4 rings (SSSR count). The SMILES string of the molecule is Cc1cccc(C)c1N(CC(=O)N(Cc1ccccc1Cl)C(Cc1ccccc1)C(=O)NC1CCCC1)S(C)(=O)=O. The summed E-state index contributed by atoms with van der Waals surface area (Å²) in [6.07, 6.45) is 5.27. The molecular formula is C32H38ClN3O4S. The summed E-state index contributed by atoms with van der Waals surface area (Å²) < 4.78 is 27.3. The molecule has 0 bridgehead atoms. The third kappa shape index (κ3) is 7.89. The number of hydrogen-bond donors (Lipinski definition) is 1. The van der Waals surface area contributed by atoms with Gasteiger partial charge in [-0.1, -0.05) is 91.2 Å². The van der Waals surface area contributed by atoms with Gasteiger partial charge in [0.2, 0.25) is 21.8 Å². The number of para-hydroxylation sites is 1. The van der Waals surface area contributed by atoms with Gasteiger partial charge in [-0.05, 0) is 55.0 Å². The largest absolute Gasteiger partial charge is 0.352 e. The molecule has 1 fully saturated rings.